The van der Waals surface area contributed by atoms with Crippen molar-refractivity contribution in [2.75, 3.05) is 10.6 Å². The first-order valence-electron chi connectivity index (χ1n) is 8.52. The molecule has 3 aromatic rings. The fourth-order valence-corrected chi connectivity index (χ4v) is 2.80. The van der Waals surface area contributed by atoms with Crippen molar-refractivity contribution in [3.8, 4) is 0 Å². The number of anilines is 2. The first kappa shape index (κ1) is 18.7. The molecule has 2 N–H and O–H groups in total. The summed E-state index contributed by atoms with van der Waals surface area (Å²) in [4.78, 5) is 25.1. The number of hydrogen-bond acceptors (Lipinski definition) is 2. The molecule has 27 heavy (non-hydrogen) atoms. The number of aryl methyl sites for hydroxylation is 1. The molecule has 0 aromatic heterocycles. The van der Waals surface area contributed by atoms with E-state index in [0.29, 0.717) is 22.0 Å². The van der Waals surface area contributed by atoms with E-state index in [1.807, 2.05) is 61.5 Å². The zero-order valence-corrected chi connectivity index (χ0v) is 15.6. The first-order chi connectivity index (χ1) is 13.0. The normalized spacial score (nSPS) is 10.3. The maximum Gasteiger partial charge on any atom is 0.257 e. The van der Waals surface area contributed by atoms with Crippen molar-refractivity contribution in [1.82, 2.24) is 0 Å². The van der Waals surface area contributed by atoms with E-state index >= 15 is 0 Å². The van der Waals surface area contributed by atoms with Gasteiger partial charge in [-0.05, 0) is 42.8 Å². The fraction of sp³-hybridized carbons (Fsp3) is 0.0909. The van der Waals surface area contributed by atoms with Gasteiger partial charge in [-0.3, -0.25) is 9.59 Å². The minimum atomic E-state index is -0.337. The molecule has 0 aliphatic carbocycles. The number of rotatable bonds is 5. The summed E-state index contributed by atoms with van der Waals surface area (Å²) in [6.07, 6.45) is 0.225. The maximum absolute atomic E-state index is 12.7. The van der Waals surface area contributed by atoms with Crippen molar-refractivity contribution in [1.29, 1.82) is 0 Å². The highest BCUT2D eigenvalue weighted by atomic mass is 35.5. The van der Waals surface area contributed by atoms with Gasteiger partial charge >= 0.3 is 0 Å². The van der Waals surface area contributed by atoms with E-state index in [-0.39, 0.29) is 18.2 Å². The lowest BCUT2D eigenvalue weighted by Crippen LogP contribution is -2.19. The third-order valence-electron chi connectivity index (χ3n) is 4.02. The second-order valence-corrected chi connectivity index (χ2v) is 6.66. The predicted molar refractivity (Wildman–Crippen MR) is 109 cm³/mol. The van der Waals surface area contributed by atoms with Crippen molar-refractivity contribution >= 4 is 34.8 Å². The van der Waals surface area contributed by atoms with Crippen LogP contribution in [0, 0.1) is 6.92 Å². The molecule has 0 fully saturated rings. The Hall–Kier alpha value is -3.11. The zero-order chi connectivity index (χ0) is 19.2. The van der Waals surface area contributed by atoms with Crippen LogP contribution in [0.1, 0.15) is 21.5 Å². The van der Waals surface area contributed by atoms with E-state index in [0.717, 1.165) is 11.1 Å². The predicted octanol–water partition coefficient (Wildman–Crippen LogP) is 5.08. The molecule has 0 heterocycles. The zero-order valence-electron chi connectivity index (χ0n) is 14.8. The summed E-state index contributed by atoms with van der Waals surface area (Å²) < 4.78 is 0. The second kappa shape index (κ2) is 8.52. The number of carbonyl (C=O) groups is 2. The molecule has 3 aromatic carbocycles. The monoisotopic (exact) mass is 378 g/mol. The lowest BCUT2D eigenvalue weighted by molar-refractivity contribution is -0.115. The van der Waals surface area contributed by atoms with Gasteiger partial charge in [0.1, 0.15) is 0 Å². The van der Waals surface area contributed by atoms with Crippen molar-refractivity contribution in [2.45, 2.75) is 13.3 Å². The number of halogens is 1. The molecule has 0 saturated carbocycles. The maximum atomic E-state index is 12.7. The first-order valence-corrected chi connectivity index (χ1v) is 8.90. The number of carbonyl (C=O) groups excluding carboxylic acids is 2. The molecule has 4 nitrogen and oxygen atoms in total. The number of benzene rings is 3. The van der Waals surface area contributed by atoms with Crippen LogP contribution in [0.2, 0.25) is 5.02 Å². The second-order valence-electron chi connectivity index (χ2n) is 6.22. The van der Waals surface area contributed by atoms with E-state index in [9.17, 15) is 9.59 Å². The Labute approximate surface area is 163 Å². The Kier molecular flexibility index (Phi) is 5.89. The van der Waals surface area contributed by atoms with Crippen LogP contribution in [0.4, 0.5) is 11.4 Å². The smallest absolute Gasteiger partial charge is 0.257 e. The molecule has 0 saturated heterocycles. The van der Waals surface area contributed by atoms with Gasteiger partial charge in [0.15, 0.2) is 0 Å². The lowest BCUT2D eigenvalue weighted by Gasteiger charge is -2.12. The van der Waals surface area contributed by atoms with Crippen LogP contribution in [0.3, 0.4) is 0 Å². The van der Waals surface area contributed by atoms with Crippen molar-refractivity contribution in [3.63, 3.8) is 0 Å². The van der Waals surface area contributed by atoms with Gasteiger partial charge in [-0.2, -0.15) is 0 Å². The van der Waals surface area contributed by atoms with Crippen molar-refractivity contribution in [2.24, 2.45) is 0 Å². The largest absolute Gasteiger partial charge is 0.325 e. The van der Waals surface area contributed by atoms with Gasteiger partial charge in [-0.1, -0.05) is 59.6 Å². The number of nitrogens with one attached hydrogen (secondary N) is 2. The van der Waals surface area contributed by atoms with Crippen LogP contribution in [-0.4, -0.2) is 11.8 Å². The highest BCUT2D eigenvalue weighted by Gasteiger charge is 2.15. The van der Waals surface area contributed by atoms with Gasteiger partial charge in [-0.25, -0.2) is 0 Å². The summed E-state index contributed by atoms with van der Waals surface area (Å²) in [5.41, 5.74) is 3.40. The SMILES string of the molecule is Cc1ccc(NC(=O)c2cc(Cl)ccc2NC(=O)Cc2ccccc2)cc1. The number of amides is 2. The molecule has 0 unspecified atom stereocenters. The number of hydrogen-bond donors (Lipinski definition) is 2. The highest BCUT2D eigenvalue weighted by molar-refractivity contribution is 6.31. The molecule has 3 rings (SSSR count). The van der Waals surface area contributed by atoms with Crippen LogP contribution < -0.4 is 10.6 Å². The Morgan fingerprint density at radius 2 is 1.59 bits per heavy atom. The average molecular weight is 379 g/mol. The Morgan fingerprint density at radius 1 is 0.889 bits per heavy atom. The van der Waals surface area contributed by atoms with Crippen LogP contribution in [-0.2, 0) is 11.2 Å². The van der Waals surface area contributed by atoms with Gasteiger partial charge in [-0.15, -0.1) is 0 Å². The molecule has 0 aliphatic rings. The van der Waals surface area contributed by atoms with E-state index in [1.54, 1.807) is 18.2 Å². The molecular formula is C22H19ClN2O2. The molecule has 0 atom stereocenters. The molecule has 0 aliphatic heterocycles. The van der Waals surface area contributed by atoms with Crippen LogP contribution in [0.5, 0.6) is 0 Å². The Morgan fingerprint density at radius 3 is 2.30 bits per heavy atom. The molecular weight excluding hydrogens is 360 g/mol. The molecule has 2 amide bonds. The Bertz CT molecular complexity index is 954. The van der Waals surface area contributed by atoms with Gasteiger partial charge in [0.2, 0.25) is 5.91 Å². The molecule has 0 radical (unpaired) electrons. The summed E-state index contributed by atoms with van der Waals surface area (Å²) in [7, 11) is 0. The van der Waals surface area contributed by atoms with Gasteiger partial charge in [0.05, 0.1) is 17.7 Å². The topological polar surface area (TPSA) is 58.2 Å². The van der Waals surface area contributed by atoms with E-state index < -0.39 is 0 Å². The third kappa shape index (κ3) is 5.19. The molecule has 0 bridgehead atoms. The molecule has 0 spiro atoms. The molecule has 5 heteroatoms. The Balaban J connectivity index is 1.77. The summed E-state index contributed by atoms with van der Waals surface area (Å²) in [6.45, 7) is 1.98. The summed E-state index contributed by atoms with van der Waals surface area (Å²) in [6, 6.07) is 21.7. The minimum absolute atomic E-state index is 0.201. The van der Waals surface area contributed by atoms with Crippen LogP contribution in [0.15, 0.2) is 72.8 Å². The molecule has 136 valence electrons. The quantitative estimate of drug-likeness (QED) is 0.650. The van der Waals surface area contributed by atoms with Crippen LogP contribution >= 0.6 is 11.6 Å². The van der Waals surface area contributed by atoms with Crippen molar-refractivity contribution in [3.05, 3.63) is 94.5 Å². The van der Waals surface area contributed by atoms with Gasteiger partial charge in [0, 0.05) is 10.7 Å². The van der Waals surface area contributed by atoms with Gasteiger partial charge < -0.3 is 10.6 Å². The third-order valence-corrected chi connectivity index (χ3v) is 4.25. The summed E-state index contributed by atoms with van der Waals surface area (Å²) in [5.74, 6) is -0.538. The summed E-state index contributed by atoms with van der Waals surface area (Å²) >= 11 is 6.06. The summed E-state index contributed by atoms with van der Waals surface area (Å²) in [5, 5.41) is 6.05. The lowest BCUT2D eigenvalue weighted by atomic mass is 10.1. The van der Waals surface area contributed by atoms with E-state index in [1.165, 1.54) is 0 Å². The standard InChI is InChI=1S/C22H19ClN2O2/c1-15-7-10-18(11-8-15)24-22(27)19-14-17(23)9-12-20(19)25-21(26)13-16-5-3-2-4-6-16/h2-12,14H,13H2,1H3,(H,24,27)(H,25,26). The average Bonchev–Trinajstić information content (AvgIpc) is 2.66. The van der Waals surface area contributed by atoms with E-state index in [4.69, 9.17) is 11.6 Å². The fourth-order valence-electron chi connectivity index (χ4n) is 2.62. The highest BCUT2D eigenvalue weighted by Crippen LogP contribution is 2.22. The van der Waals surface area contributed by atoms with Crippen LogP contribution in [0.25, 0.3) is 0 Å². The van der Waals surface area contributed by atoms with Gasteiger partial charge in [0.25, 0.3) is 5.91 Å². The van der Waals surface area contributed by atoms with Crippen molar-refractivity contribution < 1.29 is 9.59 Å². The van der Waals surface area contributed by atoms with E-state index in [2.05, 4.69) is 10.6 Å². The minimum Gasteiger partial charge on any atom is -0.325 e.